The van der Waals surface area contributed by atoms with Gasteiger partial charge in [-0.3, -0.25) is 9.36 Å². The van der Waals surface area contributed by atoms with Gasteiger partial charge in [-0.2, -0.15) is 5.10 Å². The molecule has 36 heavy (non-hydrogen) atoms. The van der Waals surface area contributed by atoms with E-state index in [-0.39, 0.29) is 21.8 Å². The number of fused-ring (bicyclic) bond motifs is 1. The number of aromatic nitrogens is 4. The Kier molecular flexibility index (Phi) is 6.99. The number of nitrogens with one attached hydrogen (secondary N) is 1. The fraction of sp³-hybridized carbons (Fsp3) is 0.560. The van der Waals surface area contributed by atoms with Gasteiger partial charge in [-0.05, 0) is 64.0 Å². The van der Waals surface area contributed by atoms with Crippen LogP contribution in [0.4, 0.5) is 5.95 Å². The van der Waals surface area contributed by atoms with E-state index < -0.39 is 11.0 Å². The van der Waals surface area contributed by atoms with Crippen LogP contribution < -0.4 is 15.2 Å². The summed E-state index contributed by atoms with van der Waals surface area (Å²) in [7, 11) is 0.714. The average Bonchev–Trinajstić information content (AvgIpc) is 3.47. The predicted molar refractivity (Wildman–Crippen MR) is 146 cm³/mol. The van der Waals surface area contributed by atoms with Gasteiger partial charge in [-0.25, -0.2) is 18.4 Å². The van der Waals surface area contributed by atoms with Crippen LogP contribution in [0, 0.1) is 5.41 Å². The number of anilines is 1. The summed E-state index contributed by atoms with van der Waals surface area (Å²) < 4.78 is 19.3. The van der Waals surface area contributed by atoms with Gasteiger partial charge in [0.05, 0.1) is 43.6 Å². The van der Waals surface area contributed by atoms with Gasteiger partial charge in [0.1, 0.15) is 0 Å². The van der Waals surface area contributed by atoms with E-state index in [2.05, 4.69) is 14.7 Å². The van der Waals surface area contributed by atoms with E-state index in [0.29, 0.717) is 15.9 Å². The van der Waals surface area contributed by atoms with E-state index in [1.54, 1.807) is 28.5 Å². The van der Waals surface area contributed by atoms with Gasteiger partial charge in [0.2, 0.25) is 5.95 Å². The Bertz CT molecular complexity index is 1360. The van der Waals surface area contributed by atoms with Gasteiger partial charge >= 0.3 is 0 Å². The van der Waals surface area contributed by atoms with Crippen molar-refractivity contribution in [1.29, 1.82) is 0 Å². The number of nitrogens with zero attached hydrogens (tertiary/aromatic N) is 5. The van der Waals surface area contributed by atoms with Crippen LogP contribution in [0.5, 0.6) is 0 Å². The van der Waals surface area contributed by atoms with Crippen molar-refractivity contribution in [2.24, 2.45) is 12.5 Å². The molecule has 194 valence electrons. The van der Waals surface area contributed by atoms with Crippen molar-refractivity contribution >= 4 is 45.8 Å². The summed E-state index contributed by atoms with van der Waals surface area (Å²) in [5, 5.41) is 4.77. The quantitative estimate of drug-likeness (QED) is 0.508. The fourth-order valence-corrected chi connectivity index (χ4v) is 7.60. The number of hydrogen-bond acceptors (Lipinski definition) is 6. The molecule has 3 aromatic heterocycles. The van der Waals surface area contributed by atoms with Gasteiger partial charge in [-0.1, -0.05) is 29.8 Å². The molecule has 0 unspecified atom stereocenters. The number of hydrogen-bond donors (Lipinski definition) is 1. The first kappa shape index (κ1) is 25.8. The Morgan fingerprint density at radius 1 is 1.19 bits per heavy atom. The number of piperidine rings is 1. The summed E-state index contributed by atoms with van der Waals surface area (Å²) in [6, 6.07) is 3.98. The molecule has 0 bridgehead atoms. The van der Waals surface area contributed by atoms with E-state index in [4.69, 9.17) is 16.6 Å². The maximum Gasteiger partial charge on any atom is 0.268 e. The molecule has 5 rings (SSSR count). The summed E-state index contributed by atoms with van der Waals surface area (Å²) >= 11 is 7.89. The first-order valence-electron chi connectivity index (χ1n) is 12.4. The van der Waals surface area contributed by atoms with E-state index >= 15 is 0 Å². The molecule has 4 heterocycles. The van der Waals surface area contributed by atoms with Gasteiger partial charge in [-0.15, -0.1) is 0 Å². The average molecular weight is 549 g/mol. The van der Waals surface area contributed by atoms with Gasteiger partial charge in [0.15, 0.2) is 0 Å². The maximum absolute atomic E-state index is 13.2. The zero-order chi connectivity index (χ0) is 25.7. The molecular weight excluding hydrogens is 516 g/mol. The Balaban J connectivity index is 1.30. The Morgan fingerprint density at radius 2 is 1.94 bits per heavy atom. The Morgan fingerprint density at radius 3 is 2.67 bits per heavy atom. The van der Waals surface area contributed by atoms with Crippen LogP contribution in [-0.2, 0) is 18.0 Å². The van der Waals surface area contributed by atoms with Crippen molar-refractivity contribution in [2.45, 2.75) is 73.5 Å². The Labute approximate surface area is 223 Å². The van der Waals surface area contributed by atoms with Crippen LogP contribution >= 0.6 is 23.4 Å². The monoisotopic (exact) mass is 548 g/mol. The lowest BCUT2D eigenvalue weighted by molar-refractivity contribution is 0.187. The molecule has 1 aliphatic heterocycles. The molecular formula is C25H33ClN6O2S2. The molecule has 1 saturated carbocycles. The van der Waals surface area contributed by atoms with Crippen LogP contribution in [0.25, 0.3) is 5.52 Å². The van der Waals surface area contributed by atoms with E-state index in [9.17, 15) is 9.00 Å². The minimum Gasteiger partial charge on any atom is -0.342 e. The van der Waals surface area contributed by atoms with E-state index in [1.807, 2.05) is 39.1 Å². The molecule has 0 amide bonds. The minimum absolute atomic E-state index is 0.0873. The van der Waals surface area contributed by atoms with Gasteiger partial charge in [0.25, 0.3) is 5.56 Å². The molecule has 2 fully saturated rings. The summed E-state index contributed by atoms with van der Waals surface area (Å²) in [4.78, 5) is 21.5. The van der Waals surface area contributed by atoms with Crippen molar-refractivity contribution in [2.75, 3.05) is 18.0 Å². The highest BCUT2D eigenvalue weighted by Crippen LogP contribution is 2.47. The number of pyridine rings is 1. The van der Waals surface area contributed by atoms with Gasteiger partial charge < -0.3 is 4.90 Å². The molecule has 1 aliphatic carbocycles. The first-order valence-corrected chi connectivity index (χ1v) is 14.7. The second-order valence-corrected chi connectivity index (χ2v) is 14.3. The van der Waals surface area contributed by atoms with Crippen LogP contribution in [0.15, 0.2) is 45.3 Å². The zero-order valence-corrected chi connectivity index (χ0v) is 23.5. The predicted octanol–water partition coefficient (Wildman–Crippen LogP) is 4.42. The molecule has 3 aromatic rings. The summed E-state index contributed by atoms with van der Waals surface area (Å²) in [5.41, 5.74) is 0.877. The van der Waals surface area contributed by atoms with E-state index in [1.165, 1.54) is 11.8 Å². The van der Waals surface area contributed by atoms with Crippen LogP contribution in [-0.4, -0.2) is 47.3 Å². The van der Waals surface area contributed by atoms with Crippen LogP contribution in [0.3, 0.4) is 0 Å². The smallest absolute Gasteiger partial charge is 0.268 e. The molecule has 1 N–H and O–H groups in total. The lowest BCUT2D eigenvalue weighted by atomic mass is 9.74. The lowest BCUT2D eigenvalue weighted by Gasteiger charge is -2.44. The topological polar surface area (TPSA) is 84.5 Å². The van der Waals surface area contributed by atoms with Gasteiger partial charge in [0, 0.05) is 37.3 Å². The van der Waals surface area contributed by atoms with Crippen molar-refractivity contribution in [3.63, 3.8) is 0 Å². The normalized spacial score (nSPS) is 20.9. The molecule has 2 aliphatic rings. The second-order valence-electron chi connectivity index (χ2n) is 10.8. The minimum atomic E-state index is -1.07. The molecule has 8 nitrogen and oxygen atoms in total. The third-order valence-corrected chi connectivity index (χ3v) is 10.7. The zero-order valence-electron chi connectivity index (χ0n) is 21.2. The highest BCUT2D eigenvalue weighted by Gasteiger charge is 2.46. The Hall–Kier alpha value is -1.88. The van der Waals surface area contributed by atoms with Crippen molar-refractivity contribution in [1.82, 2.24) is 23.9 Å². The fourth-order valence-electron chi connectivity index (χ4n) is 5.40. The molecule has 0 radical (unpaired) electrons. The number of rotatable bonds is 5. The third-order valence-electron chi connectivity index (χ3n) is 7.57. The van der Waals surface area contributed by atoms with Crippen molar-refractivity contribution in [3.05, 3.63) is 46.1 Å². The van der Waals surface area contributed by atoms with Crippen LogP contribution in [0.2, 0.25) is 5.02 Å². The molecule has 1 saturated heterocycles. The maximum atomic E-state index is 13.2. The standard InChI is InChI=1S/C25H33ClN6O2S2/c1-24(2,3)36(34)29-20-6-5-9-25(20)10-14-31(15-11-25)23-27-16-19(22(33)30(23)4)35-18-8-13-32-17(21(18)26)7-12-28-32/h7-8,12-13,16,20,29H,5-6,9-11,14-15H2,1-4H3/t20-,36-/m1/s1. The molecule has 0 aromatic carbocycles. The van der Waals surface area contributed by atoms with Crippen molar-refractivity contribution in [3.8, 4) is 0 Å². The van der Waals surface area contributed by atoms with Crippen molar-refractivity contribution < 1.29 is 4.21 Å². The lowest BCUT2D eigenvalue weighted by Crippen LogP contribution is -2.51. The molecule has 11 heteroatoms. The molecule has 2 atom stereocenters. The molecule has 1 spiro atoms. The van der Waals surface area contributed by atoms with E-state index in [0.717, 1.165) is 55.6 Å². The summed E-state index contributed by atoms with van der Waals surface area (Å²) in [6.45, 7) is 7.70. The number of halogens is 1. The van der Waals surface area contributed by atoms with Crippen LogP contribution in [0.1, 0.15) is 52.9 Å². The third kappa shape index (κ3) is 4.73. The first-order chi connectivity index (χ1) is 17.1. The summed E-state index contributed by atoms with van der Waals surface area (Å²) in [6.07, 6.45) is 10.6. The highest BCUT2D eigenvalue weighted by molar-refractivity contribution is 7.99. The SMILES string of the molecule is Cn1c(N2CCC3(CCC[C@H]3N[S@](=O)C(C)(C)C)CC2)ncc(Sc2ccn3nccc3c2Cl)c1=O. The second kappa shape index (κ2) is 9.78. The largest absolute Gasteiger partial charge is 0.342 e. The highest BCUT2D eigenvalue weighted by atomic mass is 35.5. The summed E-state index contributed by atoms with van der Waals surface area (Å²) in [5.74, 6) is 0.692.